The lowest BCUT2D eigenvalue weighted by atomic mass is 9.79. The molecule has 1 aliphatic rings. The van der Waals surface area contributed by atoms with Crippen molar-refractivity contribution in [1.29, 1.82) is 0 Å². The van der Waals surface area contributed by atoms with Crippen molar-refractivity contribution < 1.29 is 0 Å². The van der Waals surface area contributed by atoms with Gasteiger partial charge in [-0.1, -0.05) is 45.0 Å². The number of nitrogens with two attached hydrogens (primary N) is 1. The van der Waals surface area contributed by atoms with Crippen LogP contribution in [0.25, 0.3) is 0 Å². The van der Waals surface area contributed by atoms with Gasteiger partial charge in [0.25, 0.3) is 0 Å². The maximum absolute atomic E-state index is 6.20. The second-order valence-corrected chi connectivity index (χ2v) is 8.14. The van der Waals surface area contributed by atoms with Crippen LogP contribution in [0.2, 0.25) is 0 Å². The molecule has 0 saturated heterocycles. The summed E-state index contributed by atoms with van der Waals surface area (Å²) in [6.07, 6.45) is 3.26. The molecule has 0 spiro atoms. The molecule has 1 aromatic carbocycles. The van der Waals surface area contributed by atoms with Gasteiger partial charge >= 0.3 is 0 Å². The number of benzene rings is 1. The average molecular weight is 300 g/mol. The van der Waals surface area contributed by atoms with Crippen LogP contribution >= 0.6 is 11.3 Å². The van der Waals surface area contributed by atoms with E-state index in [4.69, 9.17) is 10.7 Å². The van der Waals surface area contributed by atoms with Gasteiger partial charge in [-0.05, 0) is 24.0 Å². The van der Waals surface area contributed by atoms with Crippen molar-refractivity contribution in [2.24, 2.45) is 5.73 Å². The van der Waals surface area contributed by atoms with Gasteiger partial charge in [0.1, 0.15) is 0 Å². The van der Waals surface area contributed by atoms with E-state index >= 15 is 0 Å². The maximum Gasteiger partial charge on any atom is 0.0937 e. The Balaban J connectivity index is 1.91. The molecule has 1 aromatic heterocycles. The van der Waals surface area contributed by atoms with E-state index in [1.54, 1.807) is 11.3 Å². The van der Waals surface area contributed by atoms with Crippen LogP contribution in [0.15, 0.2) is 29.6 Å². The van der Waals surface area contributed by atoms with Crippen molar-refractivity contribution in [3.8, 4) is 0 Å². The Hall–Kier alpha value is -1.19. The Bertz CT molecular complexity index is 639. The molecule has 2 N–H and O–H groups in total. The SMILES string of the molecule is CC(C)(C)c1csc(CC2(CN)CCc3ccccc32)n1. The first-order valence-electron chi connectivity index (χ1n) is 7.68. The fourth-order valence-corrected chi connectivity index (χ4v) is 4.42. The first kappa shape index (κ1) is 14.7. The third-order valence-electron chi connectivity index (χ3n) is 4.66. The predicted octanol–water partition coefficient (Wildman–Crippen LogP) is 3.83. The summed E-state index contributed by atoms with van der Waals surface area (Å²) in [6.45, 7) is 7.36. The Labute approximate surface area is 131 Å². The molecule has 1 atom stereocenters. The molecule has 1 heterocycles. The van der Waals surface area contributed by atoms with Crippen LogP contribution in [-0.2, 0) is 23.7 Å². The van der Waals surface area contributed by atoms with Gasteiger partial charge in [0, 0.05) is 29.2 Å². The van der Waals surface area contributed by atoms with Gasteiger partial charge in [0.05, 0.1) is 10.7 Å². The standard InChI is InChI=1S/C18H24N2S/c1-17(2,3)15-11-21-16(20-15)10-18(12-19)9-8-13-6-4-5-7-14(13)18/h4-7,11H,8-10,12,19H2,1-3H3. The number of aromatic nitrogens is 1. The van der Waals surface area contributed by atoms with E-state index < -0.39 is 0 Å². The zero-order valence-corrected chi connectivity index (χ0v) is 14.0. The van der Waals surface area contributed by atoms with E-state index in [1.165, 1.54) is 21.8 Å². The summed E-state index contributed by atoms with van der Waals surface area (Å²) in [4.78, 5) is 4.87. The van der Waals surface area contributed by atoms with Gasteiger partial charge in [-0.25, -0.2) is 4.98 Å². The molecule has 0 fully saturated rings. The van der Waals surface area contributed by atoms with Crippen molar-refractivity contribution in [2.45, 2.75) is 50.9 Å². The first-order chi connectivity index (χ1) is 9.94. The quantitative estimate of drug-likeness (QED) is 0.935. The highest BCUT2D eigenvalue weighted by Crippen LogP contribution is 2.41. The van der Waals surface area contributed by atoms with Gasteiger partial charge in [-0.2, -0.15) is 0 Å². The molecule has 0 bridgehead atoms. The minimum absolute atomic E-state index is 0.0869. The molecular weight excluding hydrogens is 276 g/mol. The number of aryl methyl sites for hydroxylation is 1. The smallest absolute Gasteiger partial charge is 0.0937 e. The molecule has 2 nitrogen and oxygen atoms in total. The Kier molecular flexibility index (Phi) is 3.66. The molecule has 3 rings (SSSR count). The number of hydrogen-bond acceptors (Lipinski definition) is 3. The molecule has 3 heteroatoms. The number of rotatable bonds is 3. The molecule has 112 valence electrons. The van der Waals surface area contributed by atoms with Crippen LogP contribution in [0.4, 0.5) is 0 Å². The van der Waals surface area contributed by atoms with Crippen LogP contribution in [0, 0.1) is 0 Å². The fourth-order valence-electron chi connectivity index (χ4n) is 3.26. The number of fused-ring (bicyclic) bond motifs is 1. The molecule has 0 aliphatic heterocycles. The van der Waals surface area contributed by atoms with Crippen molar-refractivity contribution in [3.63, 3.8) is 0 Å². The molecule has 1 aliphatic carbocycles. The average Bonchev–Trinajstić information content (AvgIpc) is 3.05. The third-order valence-corrected chi connectivity index (χ3v) is 5.51. The van der Waals surface area contributed by atoms with Crippen molar-refractivity contribution in [2.75, 3.05) is 6.54 Å². The summed E-state index contributed by atoms with van der Waals surface area (Å²) in [5.41, 5.74) is 10.5. The zero-order valence-electron chi connectivity index (χ0n) is 13.1. The molecule has 1 unspecified atom stereocenters. The highest BCUT2D eigenvalue weighted by Gasteiger charge is 2.38. The molecule has 0 saturated carbocycles. The van der Waals surface area contributed by atoms with E-state index in [9.17, 15) is 0 Å². The van der Waals surface area contributed by atoms with E-state index in [2.05, 4.69) is 50.4 Å². The monoisotopic (exact) mass is 300 g/mol. The number of hydrogen-bond donors (Lipinski definition) is 1. The minimum atomic E-state index is 0.0869. The predicted molar refractivity (Wildman–Crippen MR) is 90.0 cm³/mol. The van der Waals surface area contributed by atoms with Crippen molar-refractivity contribution in [1.82, 2.24) is 4.98 Å². The van der Waals surface area contributed by atoms with Crippen LogP contribution in [0.1, 0.15) is 49.0 Å². The van der Waals surface area contributed by atoms with Gasteiger partial charge < -0.3 is 5.73 Å². The van der Waals surface area contributed by atoms with Crippen LogP contribution in [-0.4, -0.2) is 11.5 Å². The lowest BCUT2D eigenvalue weighted by Crippen LogP contribution is -2.35. The van der Waals surface area contributed by atoms with Gasteiger partial charge in [-0.3, -0.25) is 0 Å². The maximum atomic E-state index is 6.20. The molecule has 2 aromatic rings. The Morgan fingerprint density at radius 2 is 2.05 bits per heavy atom. The van der Waals surface area contributed by atoms with E-state index in [0.717, 1.165) is 19.3 Å². The normalized spacial score (nSPS) is 21.5. The highest BCUT2D eigenvalue weighted by atomic mass is 32.1. The van der Waals surface area contributed by atoms with Crippen LogP contribution in [0.5, 0.6) is 0 Å². The van der Waals surface area contributed by atoms with Gasteiger partial charge in [0.2, 0.25) is 0 Å². The molecule has 21 heavy (non-hydrogen) atoms. The van der Waals surface area contributed by atoms with Crippen molar-refractivity contribution in [3.05, 3.63) is 51.5 Å². The largest absolute Gasteiger partial charge is 0.330 e. The zero-order chi connectivity index (χ0) is 15.1. The van der Waals surface area contributed by atoms with E-state index in [-0.39, 0.29) is 10.8 Å². The van der Waals surface area contributed by atoms with Crippen LogP contribution in [0.3, 0.4) is 0 Å². The summed E-state index contributed by atoms with van der Waals surface area (Å²) in [6, 6.07) is 8.77. The fraction of sp³-hybridized carbons (Fsp3) is 0.500. The topological polar surface area (TPSA) is 38.9 Å². The van der Waals surface area contributed by atoms with Gasteiger partial charge in [-0.15, -0.1) is 11.3 Å². The highest BCUT2D eigenvalue weighted by molar-refractivity contribution is 7.09. The van der Waals surface area contributed by atoms with E-state index in [0.29, 0.717) is 6.54 Å². The minimum Gasteiger partial charge on any atom is -0.330 e. The van der Waals surface area contributed by atoms with Crippen molar-refractivity contribution >= 4 is 11.3 Å². The molecule has 0 radical (unpaired) electrons. The Morgan fingerprint density at radius 1 is 1.29 bits per heavy atom. The lowest BCUT2D eigenvalue weighted by molar-refractivity contribution is 0.429. The number of thiazole rings is 1. The summed E-state index contributed by atoms with van der Waals surface area (Å²) >= 11 is 1.79. The second-order valence-electron chi connectivity index (χ2n) is 7.19. The summed E-state index contributed by atoms with van der Waals surface area (Å²) in [7, 11) is 0. The molecule has 0 amide bonds. The number of nitrogens with zero attached hydrogens (tertiary/aromatic N) is 1. The summed E-state index contributed by atoms with van der Waals surface area (Å²) in [5.74, 6) is 0. The van der Waals surface area contributed by atoms with Crippen LogP contribution < -0.4 is 5.73 Å². The third kappa shape index (κ3) is 2.65. The van der Waals surface area contributed by atoms with Gasteiger partial charge in [0.15, 0.2) is 0 Å². The Morgan fingerprint density at radius 3 is 2.71 bits per heavy atom. The van der Waals surface area contributed by atoms with E-state index in [1.807, 2.05) is 0 Å². The lowest BCUT2D eigenvalue weighted by Gasteiger charge is -2.28. The summed E-state index contributed by atoms with van der Waals surface area (Å²) < 4.78 is 0. The summed E-state index contributed by atoms with van der Waals surface area (Å²) in [5, 5.41) is 3.43. The molecular formula is C18H24N2S. The first-order valence-corrected chi connectivity index (χ1v) is 8.56. The second kappa shape index (κ2) is 5.22.